The van der Waals surface area contributed by atoms with Crippen LogP contribution in [0.15, 0.2) is 0 Å². The Balaban J connectivity index is 5.67. The van der Waals surface area contributed by atoms with Crippen LogP contribution < -0.4 is 44.2 Å². The van der Waals surface area contributed by atoms with Crippen molar-refractivity contribution in [2.45, 2.75) is 88.0 Å². The molecule has 40 heavy (non-hydrogen) atoms. The van der Waals surface area contributed by atoms with Gasteiger partial charge in [0.15, 0.2) is 0 Å². The topological polar surface area (TPSA) is 278 Å². The van der Waals surface area contributed by atoms with E-state index in [9.17, 15) is 34.2 Å². The van der Waals surface area contributed by atoms with Crippen molar-refractivity contribution in [2.24, 2.45) is 22.9 Å². The quantitative estimate of drug-likeness (QED) is 0.0412. The molecule has 232 valence electrons. The van der Waals surface area contributed by atoms with E-state index in [1.165, 1.54) is 0 Å². The Morgan fingerprint density at radius 3 is 1.30 bits per heavy atom. The maximum atomic E-state index is 13.3. The molecule has 0 aromatic rings. The molecule has 0 fully saturated rings. The van der Waals surface area contributed by atoms with Crippen LogP contribution in [-0.2, 0) is 24.0 Å². The summed E-state index contributed by atoms with van der Waals surface area (Å²) in [4.78, 5) is 62.9. The highest BCUT2D eigenvalue weighted by atomic mass is 32.1. The van der Waals surface area contributed by atoms with Crippen LogP contribution in [0.1, 0.15) is 57.8 Å². The summed E-state index contributed by atoms with van der Waals surface area (Å²) < 4.78 is 0. The van der Waals surface area contributed by atoms with E-state index < -0.39 is 66.4 Å². The summed E-state index contributed by atoms with van der Waals surface area (Å²) in [5.41, 5.74) is 22.2. The Bertz CT molecular complexity index is 792. The van der Waals surface area contributed by atoms with E-state index in [2.05, 4.69) is 33.9 Å². The molecule has 0 bridgehead atoms. The first kappa shape index (κ1) is 37.5. The van der Waals surface area contributed by atoms with Crippen molar-refractivity contribution in [1.82, 2.24) is 21.3 Å². The fraction of sp³-hybridized carbons (Fsp3) is 0.792. The van der Waals surface area contributed by atoms with E-state index in [4.69, 9.17) is 22.9 Å². The molecule has 14 N–H and O–H groups in total. The number of carboxylic acid groups (broad SMARTS) is 1. The van der Waals surface area contributed by atoms with Gasteiger partial charge >= 0.3 is 5.97 Å². The van der Waals surface area contributed by atoms with Crippen molar-refractivity contribution in [3.63, 3.8) is 0 Å². The van der Waals surface area contributed by atoms with Crippen LogP contribution in [0.2, 0.25) is 0 Å². The summed E-state index contributed by atoms with van der Waals surface area (Å²) in [6.45, 7) is 0.350. The third kappa shape index (κ3) is 15.3. The lowest BCUT2D eigenvalue weighted by Gasteiger charge is -2.26. The zero-order chi connectivity index (χ0) is 30.5. The molecule has 0 heterocycles. The molecule has 0 aromatic heterocycles. The van der Waals surface area contributed by atoms with Crippen molar-refractivity contribution in [2.75, 3.05) is 32.0 Å². The first-order valence-corrected chi connectivity index (χ1v) is 14.2. The number of aliphatic hydroxyl groups excluding tert-OH is 1. The first-order valence-electron chi connectivity index (χ1n) is 13.6. The van der Waals surface area contributed by atoms with Gasteiger partial charge in [-0.25, -0.2) is 4.79 Å². The van der Waals surface area contributed by atoms with Crippen molar-refractivity contribution >= 4 is 42.2 Å². The molecule has 16 heteroatoms. The van der Waals surface area contributed by atoms with Crippen LogP contribution in [0, 0.1) is 0 Å². The van der Waals surface area contributed by atoms with Gasteiger partial charge in [0.05, 0.1) is 12.6 Å². The van der Waals surface area contributed by atoms with Crippen molar-refractivity contribution in [3.8, 4) is 0 Å². The van der Waals surface area contributed by atoms with Crippen LogP contribution in [0.3, 0.4) is 0 Å². The molecular formula is C24H48N8O7S. The number of aliphatic hydroxyl groups is 1. The second kappa shape index (κ2) is 22.2. The van der Waals surface area contributed by atoms with E-state index >= 15 is 0 Å². The van der Waals surface area contributed by atoms with Crippen molar-refractivity contribution in [1.29, 1.82) is 0 Å². The molecule has 0 aliphatic rings. The summed E-state index contributed by atoms with van der Waals surface area (Å²) >= 11 is 3.93. The number of aliphatic carboxylic acids is 1. The minimum atomic E-state index is -1.38. The molecule has 0 unspecified atom stereocenters. The smallest absolute Gasteiger partial charge is 0.326 e. The summed E-state index contributed by atoms with van der Waals surface area (Å²) in [6, 6.07) is -5.77. The molecule has 15 nitrogen and oxygen atoms in total. The lowest BCUT2D eigenvalue weighted by atomic mass is 10.0. The molecule has 0 saturated carbocycles. The lowest BCUT2D eigenvalue weighted by Crippen LogP contribution is -2.59. The van der Waals surface area contributed by atoms with E-state index in [-0.39, 0.29) is 25.0 Å². The number of rotatable bonds is 23. The van der Waals surface area contributed by atoms with E-state index in [1.54, 1.807) is 0 Å². The third-order valence-corrected chi connectivity index (χ3v) is 6.46. The predicted molar refractivity (Wildman–Crippen MR) is 153 cm³/mol. The number of carboxylic acids is 1. The van der Waals surface area contributed by atoms with E-state index in [1.807, 2.05) is 0 Å². The zero-order valence-corrected chi connectivity index (χ0v) is 23.9. The average Bonchev–Trinajstić information content (AvgIpc) is 2.93. The number of hydrogen-bond acceptors (Lipinski definition) is 11. The van der Waals surface area contributed by atoms with E-state index in [0.717, 1.165) is 0 Å². The molecular weight excluding hydrogens is 544 g/mol. The highest BCUT2D eigenvalue weighted by Gasteiger charge is 2.31. The number of nitrogens with two attached hydrogens (primary N) is 4. The fourth-order valence-electron chi connectivity index (χ4n) is 3.65. The zero-order valence-electron chi connectivity index (χ0n) is 23.0. The minimum Gasteiger partial charge on any atom is -0.480 e. The Kier molecular flexibility index (Phi) is 20.8. The monoisotopic (exact) mass is 592 g/mol. The molecule has 0 aromatic carbocycles. The Morgan fingerprint density at radius 1 is 0.600 bits per heavy atom. The first-order chi connectivity index (χ1) is 19.1. The summed E-state index contributed by atoms with van der Waals surface area (Å²) in [6.07, 6.45) is 3.67. The minimum absolute atomic E-state index is 0.0130. The molecule has 0 spiro atoms. The third-order valence-electron chi connectivity index (χ3n) is 6.07. The second-order valence-electron chi connectivity index (χ2n) is 9.41. The largest absolute Gasteiger partial charge is 0.480 e. The van der Waals surface area contributed by atoms with Gasteiger partial charge in [0.2, 0.25) is 23.6 Å². The Morgan fingerprint density at radius 2 is 0.950 bits per heavy atom. The number of thiol groups is 1. The van der Waals surface area contributed by atoms with Gasteiger partial charge in [0.1, 0.15) is 24.2 Å². The SMILES string of the molecule is NCCCC[C@H](NC(=O)[C@H](CCCCN)NC(=O)[C@H](CCCCN)NC(=O)[C@@H](CO)NC(=O)[C@H](N)CS)C(=O)O. The van der Waals surface area contributed by atoms with Gasteiger partial charge in [-0.05, 0) is 77.4 Å². The number of nitrogens with one attached hydrogen (secondary N) is 4. The lowest BCUT2D eigenvalue weighted by molar-refractivity contribution is -0.142. The van der Waals surface area contributed by atoms with Crippen LogP contribution >= 0.6 is 12.6 Å². The summed E-state index contributed by atoms with van der Waals surface area (Å²) in [5.74, 6) is -4.10. The summed E-state index contributed by atoms with van der Waals surface area (Å²) in [7, 11) is 0. The molecule has 4 amide bonds. The van der Waals surface area contributed by atoms with Crippen LogP contribution in [0.4, 0.5) is 0 Å². The normalized spacial score (nSPS) is 14.8. The van der Waals surface area contributed by atoms with Gasteiger partial charge in [0, 0.05) is 5.75 Å². The maximum absolute atomic E-state index is 13.3. The van der Waals surface area contributed by atoms with Crippen LogP contribution in [0.25, 0.3) is 0 Å². The Labute approximate surface area is 240 Å². The van der Waals surface area contributed by atoms with Crippen LogP contribution in [-0.4, -0.2) is 102 Å². The number of carbonyl (C=O) groups excluding carboxylic acids is 4. The summed E-state index contributed by atoms with van der Waals surface area (Å²) in [5, 5.41) is 29.1. The number of unbranched alkanes of at least 4 members (excludes halogenated alkanes) is 3. The van der Waals surface area contributed by atoms with Crippen molar-refractivity contribution < 1.29 is 34.2 Å². The predicted octanol–water partition coefficient (Wildman–Crippen LogP) is -3.35. The number of carbonyl (C=O) groups is 5. The maximum Gasteiger partial charge on any atom is 0.326 e. The number of amides is 4. The highest BCUT2D eigenvalue weighted by molar-refractivity contribution is 7.80. The molecule has 0 aliphatic heterocycles. The second-order valence-corrected chi connectivity index (χ2v) is 9.77. The average molecular weight is 593 g/mol. The van der Waals surface area contributed by atoms with Crippen LogP contribution in [0.5, 0.6) is 0 Å². The molecule has 5 atom stereocenters. The molecule has 0 radical (unpaired) electrons. The number of hydrogen-bond donors (Lipinski definition) is 11. The van der Waals surface area contributed by atoms with E-state index in [0.29, 0.717) is 58.2 Å². The van der Waals surface area contributed by atoms with Gasteiger partial charge in [-0.1, -0.05) is 0 Å². The highest BCUT2D eigenvalue weighted by Crippen LogP contribution is 2.08. The van der Waals surface area contributed by atoms with Gasteiger partial charge in [-0.15, -0.1) is 0 Å². The van der Waals surface area contributed by atoms with Gasteiger partial charge in [0.25, 0.3) is 0 Å². The van der Waals surface area contributed by atoms with Gasteiger partial charge in [-0.2, -0.15) is 12.6 Å². The van der Waals surface area contributed by atoms with Gasteiger partial charge < -0.3 is 54.4 Å². The standard InChI is InChI=1S/C24H48N8O7S/c25-10-4-1-7-16(30-23(37)19(13-33)32-20(34)15(28)14-40)21(35)29-17(8-2-5-11-26)22(36)31-18(24(38)39)9-3-6-12-27/h15-19,33,40H,1-14,25-28H2,(H,29,35)(H,30,37)(H,31,36)(H,32,34)(H,38,39)/t15-,16+,17+,18+,19-/m1/s1. The molecule has 0 aliphatic carbocycles. The van der Waals surface area contributed by atoms with Gasteiger partial charge in [-0.3, -0.25) is 19.2 Å². The molecule has 0 saturated heterocycles. The fourth-order valence-corrected chi connectivity index (χ4v) is 3.81. The Hall–Kier alpha value is -2.50. The molecule has 0 rings (SSSR count). The van der Waals surface area contributed by atoms with Crippen molar-refractivity contribution in [3.05, 3.63) is 0 Å².